The minimum atomic E-state index is -0.231. The number of hydrogen-bond donors (Lipinski definition) is 2. The van der Waals surface area contributed by atoms with Crippen LogP contribution in [0.3, 0.4) is 0 Å². The Balaban J connectivity index is 2.78. The standard InChI is InChI=1S/C10H14N4OS/c1-4-5-6-12-9(15)7-8(11)13-10(16-7)14(2)3/h6,11H2,1-3H3,(H,12,15). The Labute approximate surface area is 98.7 Å². The molecule has 16 heavy (non-hydrogen) atoms. The lowest BCUT2D eigenvalue weighted by atomic mass is 10.4. The lowest BCUT2D eigenvalue weighted by Gasteiger charge is -2.04. The van der Waals surface area contributed by atoms with Crippen LogP contribution in [0, 0.1) is 11.8 Å². The molecule has 0 aliphatic carbocycles. The van der Waals surface area contributed by atoms with Gasteiger partial charge in [0.05, 0.1) is 6.54 Å². The highest BCUT2D eigenvalue weighted by atomic mass is 32.1. The minimum Gasteiger partial charge on any atom is -0.382 e. The van der Waals surface area contributed by atoms with Crippen molar-refractivity contribution in [3.05, 3.63) is 4.88 Å². The molecular formula is C10H14N4OS. The summed E-state index contributed by atoms with van der Waals surface area (Å²) in [5.41, 5.74) is 5.66. The topological polar surface area (TPSA) is 71.2 Å². The third-order valence-electron chi connectivity index (χ3n) is 1.74. The predicted octanol–water partition coefficient (Wildman–Crippen LogP) is 0.544. The van der Waals surface area contributed by atoms with Gasteiger partial charge in [0.1, 0.15) is 10.7 Å². The summed E-state index contributed by atoms with van der Waals surface area (Å²) >= 11 is 1.26. The second kappa shape index (κ2) is 5.37. The summed E-state index contributed by atoms with van der Waals surface area (Å²) < 4.78 is 0. The third kappa shape index (κ3) is 2.87. The molecule has 0 spiro atoms. The van der Waals surface area contributed by atoms with E-state index < -0.39 is 0 Å². The lowest BCUT2D eigenvalue weighted by molar-refractivity contribution is 0.0963. The minimum absolute atomic E-state index is 0.231. The molecule has 1 amide bonds. The van der Waals surface area contributed by atoms with Gasteiger partial charge >= 0.3 is 0 Å². The van der Waals surface area contributed by atoms with Crippen LogP contribution in [-0.2, 0) is 0 Å². The van der Waals surface area contributed by atoms with Gasteiger partial charge in [-0.3, -0.25) is 4.79 Å². The van der Waals surface area contributed by atoms with Gasteiger partial charge in [-0.2, -0.15) is 0 Å². The molecule has 1 aromatic rings. The largest absolute Gasteiger partial charge is 0.382 e. The molecule has 0 aromatic carbocycles. The fourth-order valence-corrected chi connectivity index (χ4v) is 1.79. The van der Waals surface area contributed by atoms with Crippen molar-refractivity contribution in [2.45, 2.75) is 6.92 Å². The van der Waals surface area contributed by atoms with Crippen LogP contribution < -0.4 is 16.0 Å². The molecule has 0 radical (unpaired) electrons. The van der Waals surface area contributed by atoms with Crippen LogP contribution in [0.5, 0.6) is 0 Å². The van der Waals surface area contributed by atoms with Crippen molar-refractivity contribution in [2.75, 3.05) is 31.3 Å². The van der Waals surface area contributed by atoms with Crippen molar-refractivity contribution in [3.8, 4) is 11.8 Å². The van der Waals surface area contributed by atoms with Crippen LogP contribution in [0.2, 0.25) is 0 Å². The van der Waals surface area contributed by atoms with Gasteiger partial charge in [-0.05, 0) is 6.92 Å². The van der Waals surface area contributed by atoms with Crippen LogP contribution in [0.15, 0.2) is 0 Å². The maximum Gasteiger partial charge on any atom is 0.266 e. The number of carbonyl (C=O) groups excluding carboxylic acids is 1. The molecule has 5 nitrogen and oxygen atoms in total. The Morgan fingerprint density at radius 3 is 2.81 bits per heavy atom. The summed E-state index contributed by atoms with van der Waals surface area (Å²) in [5, 5.41) is 3.36. The normalized spacial score (nSPS) is 9.19. The molecule has 1 rings (SSSR count). The molecule has 0 saturated heterocycles. The van der Waals surface area contributed by atoms with Crippen LogP contribution in [0.4, 0.5) is 10.9 Å². The maximum atomic E-state index is 11.7. The van der Waals surface area contributed by atoms with E-state index in [-0.39, 0.29) is 11.7 Å². The van der Waals surface area contributed by atoms with Crippen molar-refractivity contribution in [3.63, 3.8) is 0 Å². The average Bonchev–Trinajstić information content (AvgIpc) is 2.61. The highest BCUT2D eigenvalue weighted by molar-refractivity contribution is 7.18. The summed E-state index contributed by atoms with van der Waals surface area (Å²) in [6, 6.07) is 0. The predicted molar refractivity (Wildman–Crippen MR) is 66.6 cm³/mol. The molecule has 86 valence electrons. The molecule has 0 saturated carbocycles. The molecule has 0 aliphatic heterocycles. The molecule has 6 heteroatoms. The smallest absolute Gasteiger partial charge is 0.266 e. The first kappa shape index (κ1) is 12.3. The van der Waals surface area contributed by atoms with E-state index in [1.165, 1.54) is 11.3 Å². The van der Waals surface area contributed by atoms with Crippen molar-refractivity contribution < 1.29 is 4.79 Å². The highest BCUT2D eigenvalue weighted by Crippen LogP contribution is 2.26. The van der Waals surface area contributed by atoms with E-state index >= 15 is 0 Å². The fraction of sp³-hybridized carbons (Fsp3) is 0.400. The van der Waals surface area contributed by atoms with Gasteiger partial charge in [-0.1, -0.05) is 17.3 Å². The van der Waals surface area contributed by atoms with Gasteiger partial charge in [0.25, 0.3) is 5.91 Å². The molecular weight excluding hydrogens is 224 g/mol. The van der Waals surface area contributed by atoms with Crippen molar-refractivity contribution in [2.24, 2.45) is 0 Å². The summed E-state index contributed by atoms with van der Waals surface area (Å²) in [6.45, 7) is 2.04. The Hall–Kier alpha value is -1.74. The molecule has 0 unspecified atom stereocenters. The van der Waals surface area contributed by atoms with E-state index in [9.17, 15) is 4.79 Å². The molecule has 0 bridgehead atoms. The van der Waals surface area contributed by atoms with Crippen molar-refractivity contribution >= 4 is 28.2 Å². The monoisotopic (exact) mass is 238 g/mol. The van der Waals surface area contributed by atoms with Gasteiger partial charge < -0.3 is 16.0 Å². The number of aromatic nitrogens is 1. The molecule has 1 heterocycles. The average molecular weight is 238 g/mol. The Morgan fingerprint density at radius 2 is 2.31 bits per heavy atom. The van der Waals surface area contributed by atoms with Gasteiger partial charge in [0.2, 0.25) is 0 Å². The number of rotatable bonds is 3. The maximum absolute atomic E-state index is 11.7. The first-order valence-corrected chi connectivity index (χ1v) is 5.49. The number of hydrogen-bond acceptors (Lipinski definition) is 5. The summed E-state index contributed by atoms with van der Waals surface area (Å²) in [4.78, 5) is 18.0. The van der Waals surface area contributed by atoms with Gasteiger partial charge in [-0.25, -0.2) is 4.98 Å². The highest BCUT2D eigenvalue weighted by Gasteiger charge is 2.16. The number of nitrogens with one attached hydrogen (secondary N) is 1. The van der Waals surface area contributed by atoms with Crippen LogP contribution >= 0.6 is 11.3 Å². The molecule has 1 aromatic heterocycles. The molecule has 0 atom stereocenters. The zero-order chi connectivity index (χ0) is 12.1. The van der Waals surface area contributed by atoms with Crippen LogP contribution in [-0.4, -0.2) is 31.5 Å². The van der Waals surface area contributed by atoms with E-state index in [2.05, 4.69) is 22.1 Å². The third-order valence-corrected chi connectivity index (χ3v) is 2.98. The summed E-state index contributed by atoms with van der Waals surface area (Å²) in [6.07, 6.45) is 0. The number of nitrogens with two attached hydrogens (primary N) is 1. The van der Waals surface area contributed by atoms with E-state index in [0.717, 1.165) is 0 Å². The number of thiazole rings is 1. The van der Waals surface area contributed by atoms with Crippen molar-refractivity contribution in [1.82, 2.24) is 10.3 Å². The van der Waals surface area contributed by atoms with E-state index in [1.54, 1.807) is 6.92 Å². The number of carbonyl (C=O) groups is 1. The zero-order valence-electron chi connectivity index (χ0n) is 9.50. The Morgan fingerprint density at radius 1 is 1.62 bits per heavy atom. The first-order chi connectivity index (χ1) is 7.56. The quantitative estimate of drug-likeness (QED) is 0.754. The fourth-order valence-electron chi connectivity index (χ4n) is 0.967. The number of nitrogen functional groups attached to an aromatic ring is 1. The van der Waals surface area contributed by atoms with E-state index in [1.807, 2.05) is 19.0 Å². The van der Waals surface area contributed by atoms with Gasteiger partial charge in [0, 0.05) is 14.1 Å². The SMILES string of the molecule is CC#CCNC(=O)c1sc(N(C)C)nc1N. The summed E-state index contributed by atoms with van der Waals surface area (Å²) in [7, 11) is 3.70. The molecule has 0 fully saturated rings. The zero-order valence-corrected chi connectivity index (χ0v) is 10.3. The van der Waals surface area contributed by atoms with Gasteiger partial charge in [-0.15, -0.1) is 5.92 Å². The summed E-state index contributed by atoms with van der Waals surface area (Å²) in [5.74, 6) is 5.47. The van der Waals surface area contributed by atoms with Crippen molar-refractivity contribution in [1.29, 1.82) is 0 Å². The first-order valence-electron chi connectivity index (χ1n) is 4.67. The van der Waals surface area contributed by atoms with Crippen LogP contribution in [0.25, 0.3) is 0 Å². The van der Waals surface area contributed by atoms with E-state index in [4.69, 9.17) is 5.73 Å². The number of anilines is 2. The lowest BCUT2D eigenvalue weighted by Crippen LogP contribution is -2.23. The molecule has 0 aliphatic rings. The number of nitrogens with zero attached hydrogens (tertiary/aromatic N) is 2. The second-order valence-electron chi connectivity index (χ2n) is 3.21. The second-order valence-corrected chi connectivity index (χ2v) is 4.19. The van der Waals surface area contributed by atoms with E-state index in [0.29, 0.717) is 16.6 Å². The Kier molecular flexibility index (Phi) is 4.14. The van der Waals surface area contributed by atoms with Gasteiger partial charge in [0.15, 0.2) is 5.13 Å². The van der Waals surface area contributed by atoms with Crippen LogP contribution in [0.1, 0.15) is 16.6 Å². The molecule has 3 N–H and O–H groups in total. The number of amides is 1. The Bertz CT molecular complexity index is 441.